The van der Waals surface area contributed by atoms with Gasteiger partial charge in [-0.05, 0) is 32.6 Å². The lowest BCUT2D eigenvalue weighted by molar-refractivity contribution is -0.155. The number of nitrogens with zero attached hydrogens (tertiary/aromatic N) is 1. The first kappa shape index (κ1) is 17.8. The quantitative estimate of drug-likeness (QED) is 0.767. The highest BCUT2D eigenvalue weighted by molar-refractivity contribution is 5.99. The molecule has 0 radical (unpaired) electrons. The molecule has 1 rings (SSSR count). The highest BCUT2D eigenvalue weighted by atomic mass is 19.4. The van der Waals surface area contributed by atoms with Gasteiger partial charge in [0, 0.05) is 13.0 Å². The van der Waals surface area contributed by atoms with E-state index in [2.05, 4.69) is 5.32 Å². The number of hydrogen-bond acceptors (Lipinski definition) is 2. The molecular formula is C14H23F3N2O2. The molecule has 7 heteroatoms. The molecule has 1 aliphatic rings. The Morgan fingerprint density at radius 2 is 1.76 bits per heavy atom. The van der Waals surface area contributed by atoms with Gasteiger partial charge in [-0.1, -0.05) is 13.8 Å². The average molecular weight is 308 g/mol. The Morgan fingerprint density at radius 1 is 1.19 bits per heavy atom. The van der Waals surface area contributed by atoms with Crippen molar-refractivity contribution in [1.82, 2.24) is 10.2 Å². The van der Waals surface area contributed by atoms with Crippen molar-refractivity contribution >= 4 is 11.8 Å². The van der Waals surface area contributed by atoms with Gasteiger partial charge in [-0.25, -0.2) is 0 Å². The van der Waals surface area contributed by atoms with Crippen LogP contribution >= 0.6 is 0 Å². The number of halogens is 3. The van der Waals surface area contributed by atoms with E-state index < -0.39 is 24.2 Å². The fourth-order valence-corrected chi connectivity index (χ4v) is 2.62. The van der Waals surface area contributed by atoms with E-state index in [1.807, 2.05) is 13.8 Å². The van der Waals surface area contributed by atoms with Gasteiger partial charge in [-0.2, -0.15) is 13.2 Å². The van der Waals surface area contributed by atoms with Crippen molar-refractivity contribution in [3.05, 3.63) is 0 Å². The molecular weight excluding hydrogens is 285 g/mol. The summed E-state index contributed by atoms with van der Waals surface area (Å²) >= 11 is 0. The number of amides is 2. The van der Waals surface area contributed by atoms with Crippen LogP contribution in [0.25, 0.3) is 0 Å². The third kappa shape index (κ3) is 4.11. The fraction of sp³-hybridized carbons (Fsp3) is 0.857. The molecule has 0 spiro atoms. The van der Waals surface area contributed by atoms with Crippen LogP contribution in [0.4, 0.5) is 13.2 Å². The van der Waals surface area contributed by atoms with Crippen LogP contribution in [0.15, 0.2) is 0 Å². The van der Waals surface area contributed by atoms with Crippen molar-refractivity contribution in [3.8, 4) is 0 Å². The lowest BCUT2D eigenvalue weighted by atomic mass is 9.87. The topological polar surface area (TPSA) is 49.4 Å². The first-order valence-corrected chi connectivity index (χ1v) is 7.36. The molecule has 2 amide bonds. The minimum atomic E-state index is -4.18. The lowest BCUT2D eigenvalue weighted by Gasteiger charge is -2.44. The SMILES string of the molecule is CCC1(CC)NC(=O)C(C)N(CCCCC(F)(F)F)C1=O. The molecule has 0 aromatic heterocycles. The number of alkyl halides is 3. The van der Waals surface area contributed by atoms with E-state index in [9.17, 15) is 22.8 Å². The van der Waals surface area contributed by atoms with Crippen LogP contribution in [0, 0.1) is 0 Å². The van der Waals surface area contributed by atoms with Gasteiger partial charge in [0.05, 0.1) is 0 Å². The summed E-state index contributed by atoms with van der Waals surface area (Å²) in [5.74, 6) is -0.430. The molecule has 0 saturated carbocycles. The van der Waals surface area contributed by atoms with Gasteiger partial charge in [0.25, 0.3) is 0 Å². The third-order valence-electron chi connectivity index (χ3n) is 4.20. The Balaban J connectivity index is 2.69. The van der Waals surface area contributed by atoms with Gasteiger partial charge in [0.2, 0.25) is 11.8 Å². The van der Waals surface area contributed by atoms with Gasteiger partial charge in [0.15, 0.2) is 0 Å². The first-order chi connectivity index (χ1) is 9.67. The minimum absolute atomic E-state index is 0.0349. The molecule has 1 N–H and O–H groups in total. The second-order valence-corrected chi connectivity index (χ2v) is 5.53. The summed E-state index contributed by atoms with van der Waals surface area (Å²) in [5, 5.41) is 2.76. The molecule has 21 heavy (non-hydrogen) atoms. The predicted octanol–water partition coefficient (Wildman–Crippen LogP) is 2.62. The van der Waals surface area contributed by atoms with Crippen molar-refractivity contribution in [2.75, 3.05) is 6.54 Å². The number of unbranched alkanes of at least 4 members (excludes halogenated alkanes) is 1. The molecule has 1 fully saturated rings. The van der Waals surface area contributed by atoms with E-state index in [-0.39, 0.29) is 31.2 Å². The Morgan fingerprint density at radius 3 is 2.24 bits per heavy atom. The Labute approximate surface area is 123 Å². The summed E-state index contributed by atoms with van der Waals surface area (Å²) in [6, 6.07) is -0.630. The fourth-order valence-electron chi connectivity index (χ4n) is 2.62. The molecule has 0 bridgehead atoms. The number of carbonyl (C=O) groups excluding carboxylic acids is 2. The van der Waals surface area contributed by atoms with E-state index >= 15 is 0 Å². The zero-order valence-electron chi connectivity index (χ0n) is 12.7. The number of carbonyl (C=O) groups is 2. The number of piperazine rings is 1. The average Bonchev–Trinajstić information content (AvgIpc) is 2.41. The normalized spacial score (nSPS) is 22.4. The molecule has 0 aromatic carbocycles. The zero-order chi connectivity index (χ0) is 16.3. The summed E-state index contributed by atoms with van der Waals surface area (Å²) in [5.41, 5.74) is -0.909. The largest absolute Gasteiger partial charge is 0.389 e. The molecule has 1 heterocycles. The highest BCUT2D eigenvalue weighted by Gasteiger charge is 2.47. The number of nitrogens with one attached hydrogen (secondary N) is 1. The molecule has 122 valence electrons. The van der Waals surface area contributed by atoms with Crippen molar-refractivity contribution in [2.24, 2.45) is 0 Å². The third-order valence-corrected chi connectivity index (χ3v) is 4.20. The maximum absolute atomic E-state index is 12.5. The van der Waals surface area contributed by atoms with Gasteiger partial charge in [-0.3, -0.25) is 9.59 Å². The van der Waals surface area contributed by atoms with Gasteiger partial charge >= 0.3 is 6.18 Å². The molecule has 4 nitrogen and oxygen atoms in total. The zero-order valence-corrected chi connectivity index (χ0v) is 12.7. The predicted molar refractivity (Wildman–Crippen MR) is 72.5 cm³/mol. The van der Waals surface area contributed by atoms with E-state index in [1.165, 1.54) is 4.90 Å². The van der Waals surface area contributed by atoms with E-state index in [4.69, 9.17) is 0 Å². The van der Waals surface area contributed by atoms with Crippen LogP contribution < -0.4 is 5.32 Å². The summed E-state index contributed by atoms with van der Waals surface area (Å²) in [7, 11) is 0. The Hall–Kier alpha value is -1.27. The molecule has 1 unspecified atom stereocenters. The monoisotopic (exact) mass is 308 g/mol. The first-order valence-electron chi connectivity index (χ1n) is 7.36. The second-order valence-electron chi connectivity index (χ2n) is 5.53. The maximum Gasteiger partial charge on any atom is 0.389 e. The van der Waals surface area contributed by atoms with Crippen LogP contribution in [0.2, 0.25) is 0 Å². The molecule has 0 aromatic rings. The van der Waals surface area contributed by atoms with Crippen LogP contribution in [-0.4, -0.2) is 41.0 Å². The summed E-state index contributed by atoms with van der Waals surface area (Å²) in [6.07, 6.45) is -3.88. The van der Waals surface area contributed by atoms with E-state index in [0.717, 1.165) is 0 Å². The van der Waals surface area contributed by atoms with Crippen molar-refractivity contribution in [3.63, 3.8) is 0 Å². The summed E-state index contributed by atoms with van der Waals surface area (Å²) < 4.78 is 36.4. The van der Waals surface area contributed by atoms with Crippen LogP contribution in [0.3, 0.4) is 0 Å². The van der Waals surface area contributed by atoms with Crippen molar-refractivity contribution in [1.29, 1.82) is 0 Å². The second kappa shape index (κ2) is 6.66. The minimum Gasteiger partial charge on any atom is -0.340 e. The van der Waals surface area contributed by atoms with Gasteiger partial charge < -0.3 is 10.2 Å². The van der Waals surface area contributed by atoms with Crippen LogP contribution in [0.1, 0.15) is 52.9 Å². The van der Waals surface area contributed by atoms with E-state index in [0.29, 0.717) is 12.8 Å². The summed E-state index contributed by atoms with van der Waals surface area (Å²) in [4.78, 5) is 26.0. The Bertz CT molecular complexity index is 392. The molecule has 1 atom stereocenters. The maximum atomic E-state index is 12.5. The van der Waals surface area contributed by atoms with Crippen LogP contribution in [0.5, 0.6) is 0 Å². The van der Waals surface area contributed by atoms with Gasteiger partial charge in [0.1, 0.15) is 11.6 Å². The number of rotatable bonds is 6. The van der Waals surface area contributed by atoms with Crippen molar-refractivity contribution < 1.29 is 22.8 Å². The van der Waals surface area contributed by atoms with Gasteiger partial charge in [-0.15, -0.1) is 0 Å². The molecule has 0 aliphatic carbocycles. The standard InChI is InChI=1S/C14H23F3N2O2/c1-4-13(5-2)12(21)19(10(3)11(20)18-13)9-7-6-8-14(15,16)17/h10H,4-9H2,1-3H3,(H,18,20). The van der Waals surface area contributed by atoms with E-state index in [1.54, 1.807) is 6.92 Å². The highest BCUT2D eigenvalue weighted by Crippen LogP contribution is 2.26. The lowest BCUT2D eigenvalue weighted by Crippen LogP contribution is -2.69. The molecule has 1 saturated heterocycles. The Kier molecular flexibility index (Phi) is 5.64. The van der Waals surface area contributed by atoms with Crippen LogP contribution in [-0.2, 0) is 9.59 Å². The smallest absolute Gasteiger partial charge is 0.340 e. The van der Waals surface area contributed by atoms with Crippen molar-refractivity contribution in [2.45, 2.75) is 70.6 Å². The summed E-state index contributed by atoms with van der Waals surface area (Å²) in [6.45, 7) is 5.43. The number of hydrogen-bond donors (Lipinski definition) is 1. The molecule has 1 aliphatic heterocycles.